The molecule has 342 valence electrons. The van der Waals surface area contributed by atoms with Crippen molar-refractivity contribution >= 4 is 41.2 Å². The van der Waals surface area contributed by atoms with E-state index < -0.39 is 39.9 Å². The highest BCUT2D eigenvalue weighted by molar-refractivity contribution is 6.04. The molecule has 0 saturated carbocycles. The number of nitrogens with two attached hydrogens (primary N) is 1. The van der Waals surface area contributed by atoms with Crippen LogP contribution in [0.3, 0.4) is 0 Å². The first-order chi connectivity index (χ1) is 30.9. The Kier molecular flexibility index (Phi) is 22.7. The molecule has 16 nitrogen and oxygen atoms in total. The zero-order valence-electron chi connectivity index (χ0n) is 36.0. The Morgan fingerprint density at radius 1 is 0.641 bits per heavy atom. The van der Waals surface area contributed by atoms with Crippen LogP contribution in [-0.4, -0.2) is 78.0 Å². The van der Waals surface area contributed by atoms with Gasteiger partial charge in [-0.15, -0.1) is 0 Å². The fourth-order valence-electron chi connectivity index (χ4n) is 6.02. The van der Waals surface area contributed by atoms with E-state index in [-0.39, 0.29) is 53.9 Å². The number of nitrogens with zero attached hydrogens (tertiary/aromatic N) is 1. The topological polar surface area (TPSA) is 241 Å². The number of carboxylic acid groups (broad SMARTS) is 2. The van der Waals surface area contributed by atoms with Crippen molar-refractivity contribution in [3.63, 3.8) is 0 Å². The lowest BCUT2D eigenvalue weighted by molar-refractivity contribution is -0.385. The van der Waals surface area contributed by atoms with Gasteiger partial charge in [-0.25, -0.2) is 24.0 Å². The molecule has 4 rings (SSSR count). The minimum Gasteiger partial charge on any atom is -0.494 e. The van der Waals surface area contributed by atoms with Crippen LogP contribution in [0, 0.1) is 10.1 Å². The molecule has 4 aromatic carbocycles. The molecule has 0 fully saturated rings. The van der Waals surface area contributed by atoms with Crippen LogP contribution < -0.4 is 15.2 Å². The predicted octanol–water partition coefficient (Wildman–Crippen LogP) is 9.74. The second kappa shape index (κ2) is 28.4. The molecule has 0 radical (unpaired) electrons. The highest BCUT2D eigenvalue weighted by Crippen LogP contribution is 2.37. The predicted molar refractivity (Wildman–Crippen MR) is 239 cm³/mol. The van der Waals surface area contributed by atoms with Crippen molar-refractivity contribution < 1.29 is 62.8 Å². The van der Waals surface area contributed by atoms with Crippen molar-refractivity contribution in [2.24, 2.45) is 0 Å². The van der Waals surface area contributed by atoms with Gasteiger partial charge < -0.3 is 39.6 Å². The number of rotatable bonds is 27. The monoisotopic (exact) mass is 884 g/mol. The molecule has 0 aromatic heterocycles. The van der Waals surface area contributed by atoms with Gasteiger partial charge in [0, 0.05) is 35.9 Å². The average molecular weight is 885 g/mol. The van der Waals surface area contributed by atoms with Gasteiger partial charge in [-0.05, 0) is 80.1 Å². The Morgan fingerprint density at radius 3 is 1.83 bits per heavy atom. The first-order valence-corrected chi connectivity index (χ1v) is 21.1. The van der Waals surface area contributed by atoms with Crippen molar-refractivity contribution in [3.05, 3.63) is 130 Å². The van der Waals surface area contributed by atoms with E-state index in [1.54, 1.807) is 12.1 Å². The molecule has 0 atom stereocenters. The molecule has 0 saturated heterocycles. The Hall–Kier alpha value is -7.23. The fourth-order valence-corrected chi connectivity index (χ4v) is 6.02. The van der Waals surface area contributed by atoms with Crippen molar-refractivity contribution in [1.29, 1.82) is 0 Å². The van der Waals surface area contributed by atoms with Gasteiger partial charge in [-0.1, -0.05) is 75.9 Å². The van der Waals surface area contributed by atoms with E-state index >= 15 is 0 Å². The van der Waals surface area contributed by atoms with Crippen LogP contribution in [0.5, 0.6) is 11.5 Å². The Labute approximate surface area is 372 Å². The number of aromatic carboxylic acids is 2. The number of nitro benzene ring substituents is 1. The van der Waals surface area contributed by atoms with Gasteiger partial charge in [-0.3, -0.25) is 10.1 Å². The fraction of sp³-hybridized carbons (Fsp3) is 0.354. The molecular weight excluding hydrogens is 829 g/mol. The molecule has 0 heterocycles. The van der Waals surface area contributed by atoms with Gasteiger partial charge in [0.15, 0.2) is 5.75 Å². The van der Waals surface area contributed by atoms with Crippen LogP contribution in [-0.2, 0) is 19.0 Å². The van der Waals surface area contributed by atoms with Crippen molar-refractivity contribution in [1.82, 2.24) is 0 Å². The van der Waals surface area contributed by atoms with E-state index in [1.807, 2.05) is 30.3 Å². The van der Waals surface area contributed by atoms with Gasteiger partial charge >= 0.3 is 35.5 Å². The van der Waals surface area contributed by atoms with E-state index in [2.05, 4.69) is 13.5 Å². The van der Waals surface area contributed by atoms with Crippen molar-refractivity contribution in [2.75, 3.05) is 38.8 Å². The van der Waals surface area contributed by atoms with E-state index in [0.29, 0.717) is 24.3 Å². The normalized spacial score (nSPS) is 10.4. The summed E-state index contributed by atoms with van der Waals surface area (Å²) in [6, 6.07) is 21.7. The second-order valence-corrected chi connectivity index (χ2v) is 14.3. The number of para-hydroxylation sites is 1. The highest BCUT2D eigenvalue weighted by atomic mass is 16.6. The molecule has 0 unspecified atom stereocenters. The summed E-state index contributed by atoms with van der Waals surface area (Å²) >= 11 is 0. The maximum absolute atomic E-state index is 12.5. The first-order valence-electron chi connectivity index (χ1n) is 21.1. The number of anilines is 1. The third-order valence-corrected chi connectivity index (χ3v) is 9.45. The lowest BCUT2D eigenvalue weighted by Gasteiger charge is -2.12. The summed E-state index contributed by atoms with van der Waals surface area (Å²) in [7, 11) is 0. The number of carbonyl (C=O) groups excluding carboxylic acids is 3. The Bertz CT molecular complexity index is 2160. The van der Waals surface area contributed by atoms with E-state index in [4.69, 9.17) is 34.5 Å². The van der Waals surface area contributed by atoms with Gasteiger partial charge in [0.05, 0.1) is 60.2 Å². The largest absolute Gasteiger partial charge is 0.494 e. The summed E-state index contributed by atoms with van der Waals surface area (Å²) in [4.78, 5) is 69.4. The third kappa shape index (κ3) is 18.0. The average Bonchev–Trinajstić information content (AvgIpc) is 3.29. The molecule has 4 N–H and O–H groups in total. The summed E-state index contributed by atoms with van der Waals surface area (Å²) in [6.45, 7) is 6.68. The quantitative estimate of drug-likeness (QED) is 0.00960. The lowest BCUT2D eigenvalue weighted by atomic mass is 10.0. The van der Waals surface area contributed by atoms with Gasteiger partial charge in [0.25, 0.3) is 0 Å². The number of unbranched alkanes of at least 4 members (excludes halogenated alkanes) is 8. The molecular formula is C48H56N2O14. The van der Waals surface area contributed by atoms with Crippen molar-refractivity contribution in [3.8, 4) is 22.6 Å². The number of nitro groups is 1. The minimum absolute atomic E-state index is 0.0874. The van der Waals surface area contributed by atoms with Crippen molar-refractivity contribution in [2.45, 2.75) is 77.6 Å². The zero-order chi connectivity index (χ0) is 46.7. The summed E-state index contributed by atoms with van der Waals surface area (Å²) in [5, 5.41) is 30.1. The Balaban J connectivity index is 0.000000505. The van der Waals surface area contributed by atoms with Crippen LogP contribution in [0.1, 0.15) is 119 Å². The number of carboxylic acids is 2. The summed E-state index contributed by atoms with van der Waals surface area (Å²) < 4.78 is 26.4. The number of nitrogen functional groups attached to an aromatic ring is 1. The first kappa shape index (κ1) is 51.1. The number of benzene rings is 4. The maximum Gasteiger partial charge on any atom is 0.339 e. The number of ether oxygens (including phenoxy) is 5. The smallest absolute Gasteiger partial charge is 0.339 e. The number of hydrogen-bond acceptors (Lipinski definition) is 13. The van der Waals surface area contributed by atoms with Crippen LogP contribution >= 0.6 is 0 Å². The van der Waals surface area contributed by atoms with E-state index in [0.717, 1.165) is 88.3 Å². The maximum atomic E-state index is 12.5. The zero-order valence-corrected chi connectivity index (χ0v) is 36.0. The third-order valence-electron chi connectivity index (χ3n) is 9.45. The summed E-state index contributed by atoms with van der Waals surface area (Å²) in [6.07, 6.45) is 11.6. The molecule has 0 aliphatic rings. The van der Waals surface area contributed by atoms with Crippen LogP contribution in [0.15, 0.2) is 97.6 Å². The SMILES string of the molecule is C=CC(=O)OCCCCCCOc1ccccc1.CCCCCCCCOc1cc(N)c(-c2ccc(C(=O)OCCCOC(=O)c3cc(C(=O)O)ccc3C(=O)O)cc2)cc1[N+](=O)[O-]. The molecule has 64 heavy (non-hydrogen) atoms. The van der Waals surface area contributed by atoms with Gasteiger partial charge in [0.2, 0.25) is 0 Å². The van der Waals surface area contributed by atoms with Crippen LogP contribution in [0.4, 0.5) is 11.4 Å². The number of carbonyl (C=O) groups is 5. The van der Waals surface area contributed by atoms with E-state index in [1.165, 1.54) is 36.8 Å². The van der Waals surface area contributed by atoms with E-state index in [9.17, 15) is 39.2 Å². The summed E-state index contributed by atoms with van der Waals surface area (Å²) in [5.74, 6) is -3.79. The van der Waals surface area contributed by atoms with Gasteiger partial charge in [-0.2, -0.15) is 0 Å². The summed E-state index contributed by atoms with van der Waals surface area (Å²) in [5.41, 5.74) is 6.33. The van der Waals surface area contributed by atoms with Crippen LogP contribution in [0.25, 0.3) is 11.1 Å². The van der Waals surface area contributed by atoms with Gasteiger partial charge in [0.1, 0.15) is 5.75 Å². The molecule has 0 spiro atoms. The molecule has 16 heteroatoms. The lowest BCUT2D eigenvalue weighted by Crippen LogP contribution is -2.15. The highest BCUT2D eigenvalue weighted by Gasteiger charge is 2.22. The number of esters is 3. The standard InChI is InChI=1S/C33H36N2O11.C15H20O3/c1-2-3-4-5-6-7-15-44-29-20-27(34)25(19-28(29)35(42)43)21-9-11-22(12-10-21)32(40)45-16-8-17-46-33(41)26-18-23(30(36)37)13-14-24(26)31(38)39;1-2-15(16)18-13-9-4-3-8-12-17-14-10-6-5-7-11-14/h9-14,18-20H,2-8,15-17,34H2,1H3,(H,36,37)(H,38,39);2,5-7,10-11H,1,3-4,8-9,12-13H2. The molecule has 0 bridgehead atoms. The molecule has 0 aliphatic carbocycles. The number of hydrogen-bond donors (Lipinski definition) is 3. The second-order valence-electron chi connectivity index (χ2n) is 14.3. The molecule has 0 aliphatic heterocycles. The molecule has 0 amide bonds. The minimum atomic E-state index is -1.42. The van der Waals surface area contributed by atoms with Crippen LogP contribution in [0.2, 0.25) is 0 Å². The molecule has 4 aromatic rings. The Morgan fingerprint density at radius 2 is 1.22 bits per heavy atom.